The van der Waals surface area contributed by atoms with Crippen LogP contribution >= 0.6 is 0 Å². The number of ether oxygens (including phenoxy) is 1. The minimum Gasteiger partial charge on any atom is -0.497 e. The van der Waals surface area contributed by atoms with Crippen LogP contribution in [0.15, 0.2) is 42.6 Å². The molecule has 0 bridgehead atoms. The number of nitrogens with zero attached hydrogens (tertiary/aromatic N) is 1. The molecule has 0 fully saturated rings. The van der Waals surface area contributed by atoms with Crippen molar-refractivity contribution in [2.75, 3.05) is 24.3 Å². The molecule has 0 unspecified atom stereocenters. The lowest BCUT2D eigenvalue weighted by molar-refractivity contribution is -0.123. The summed E-state index contributed by atoms with van der Waals surface area (Å²) in [5, 5.41) is 6.14. The van der Waals surface area contributed by atoms with Gasteiger partial charge in [0, 0.05) is 12.0 Å². The molecule has 5 nitrogen and oxygen atoms in total. The van der Waals surface area contributed by atoms with E-state index in [0.29, 0.717) is 5.82 Å². The van der Waals surface area contributed by atoms with Crippen molar-refractivity contribution in [3.05, 3.63) is 48.2 Å². The molecular weight excluding hydrogens is 302 g/mol. The van der Waals surface area contributed by atoms with Crippen molar-refractivity contribution < 1.29 is 9.53 Å². The molecule has 0 aliphatic heterocycles. The van der Waals surface area contributed by atoms with Gasteiger partial charge < -0.3 is 15.4 Å². The van der Waals surface area contributed by atoms with Crippen LogP contribution in [0, 0.1) is 5.41 Å². The first-order valence-electron chi connectivity index (χ1n) is 8.03. The minimum atomic E-state index is -0.435. The standard InChI is InChI=1S/C19H25N3O2/c1-19(2,3)18(23)22-17-9-8-15(13-21-17)20-11-10-14-6-5-7-16(12-14)24-4/h5-9,12-13,20H,10-11H2,1-4H3,(H,21,22,23). The third-order valence-corrected chi connectivity index (χ3v) is 3.56. The van der Waals surface area contributed by atoms with Gasteiger partial charge in [0.15, 0.2) is 0 Å². The van der Waals surface area contributed by atoms with Gasteiger partial charge in [0.05, 0.1) is 19.0 Å². The molecule has 0 aliphatic carbocycles. The lowest BCUT2D eigenvalue weighted by Gasteiger charge is -2.17. The van der Waals surface area contributed by atoms with Crippen LogP contribution < -0.4 is 15.4 Å². The molecule has 1 aromatic carbocycles. The van der Waals surface area contributed by atoms with Gasteiger partial charge in [-0.1, -0.05) is 32.9 Å². The maximum absolute atomic E-state index is 11.9. The minimum absolute atomic E-state index is 0.0475. The Bertz CT molecular complexity index is 676. The SMILES string of the molecule is COc1cccc(CCNc2ccc(NC(=O)C(C)(C)C)nc2)c1. The summed E-state index contributed by atoms with van der Waals surface area (Å²) >= 11 is 0. The van der Waals surface area contributed by atoms with E-state index in [1.807, 2.05) is 45.0 Å². The second-order valence-corrected chi connectivity index (χ2v) is 6.66. The number of hydrogen-bond donors (Lipinski definition) is 2. The largest absolute Gasteiger partial charge is 0.497 e. The average molecular weight is 327 g/mol. The number of nitrogens with one attached hydrogen (secondary N) is 2. The molecule has 0 atom stereocenters. The Morgan fingerprint density at radius 3 is 2.62 bits per heavy atom. The average Bonchev–Trinajstić information content (AvgIpc) is 2.56. The highest BCUT2D eigenvalue weighted by Gasteiger charge is 2.21. The number of anilines is 2. The molecule has 0 spiro atoms. The number of rotatable bonds is 6. The summed E-state index contributed by atoms with van der Waals surface area (Å²) in [7, 11) is 1.67. The van der Waals surface area contributed by atoms with Crippen LogP contribution in [0.4, 0.5) is 11.5 Å². The smallest absolute Gasteiger partial charge is 0.230 e. The summed E-state index contributed by atoms with van der Waals surface area (Å²) in [5.74, 6) is 1.38. The Morgan fingerprint density at radius 1 is 1.21 bits per heavy atom. The molecule has 2 rings (SSSR count). The number of carbonyl (C=O) groups excluding carboxylic acids is 1. The molecule has 1 aromatic heterocycles. The molecule has 1 heterocycles. The molecule has 5 heteroatoms. The highest BCUT2D eigenvalue weighted by molar-refractivity contribution is 5.93. The van der Waals surface area contributed by atoms with E-state index in [0.717, 1.165) is 24.4 Å². The van der Waals surface area contributed by atoms with E-state index in [1.165, 1.54) is 5.56 Å². The van der Waals surface area contributed by atoms with Crippen molar-refractivity contribution >= 4 is 17.4 Å². The van der Waals surface area contributed by atoms with Gasteiger partial charge in [-0.05, 0) is 36.2 Å². The van der Waals surface area contributed by atoms with Gasteiger partial charge >= 0.3 is 0 Å². The van der Waals surface area contributed by atoms with Gasteiger partial charge in [0.1, 0.15) is 11.6 Å². The zero-order valence-corrected chi connectivity index (χ0v) is 14.7. The Morgan fingerprint density at radius 2 is 2.00 bits per heavy atom. The number of pyridine rings is 1. The summed E-state index contributed by atoms with van der Waals surface area (Å²) in [6.45, 7) is 6.41. The maximum Gasteiger partial charge on any atom is 0.230 e. The van der Waals surface area contributed by atoms with Crippen LogP contribution in [0.3, 0.4) is 0 Å². The van der Waals surface area contributed by atoms with E-state index in [-0.39, 0.29) is 5.91 Å². The quantitative estimate of drug-likeness (QED) is 0.848. The van der Waals surface area contributed by atoms with Gasteiger partial charge in [-0.25, -0.2) is 4.98 Å². The van der Waals surface area contributed by atoms with Gasteiger partial charge in [-0.3, -0.25) is 4.79 Å². The highest BCUT2D eigenvalue weighted by Crippen LogP contribution is 2.17. The predicted molar refractivity (Wildman–Crippen MR) is 97.5 cm³/mol. The first kappa shape index (κ1) is 17.8. The van der Waals surface area contributed by atoms with Crippen molar-refractivity contribution in [3.63, 3.8) is 0 Å². The fourth-order valence-electron chi connectivity index (χ4n) is 2.06. The predicted octanol–water partition coefficient (Wildman–Crippen LogP) is 3.73. The van der Waals surface area contributed by atoms with E-state index in [1.54, 1.807) is 19.4 Å². The topological polar surface area (TPSA) is 63.2 Å². The van der Waals surface area contributed by atoms with E-state index in [9.17, 15) is 4.79 Å². The number of aromatic nitrogens is 1. The van der Waals surface area contributed by atoms with Crippen LogP contribution in [0.2, 0.25) is 0 Å². The molecule has 1 amide bonds. The normalized spacial score (nSPS) is 11.0. The Labute approximate surface area is 143 Å². The summed E-state index contributed by atoms with van der Waals surface area (Å²) in [5.41, 5.74) is 1.70. The first-order valence-corrected chi connectivity index (χ1v) is 8.03. The van der Waals surface area contributed by atoms with Crippen LogP contribution in [0.25, 0.3) is 0 Å². The number of methoxy groups -OCH3 is 1. The number of amides is 1. The van der Waals surface area contributed by atoms with Crippen molar-refractivity contribution in [1.82, 2.24) is 4.98 Å². The van der Waals surface area contributed by atoms with Crippen molar-refractivity contribution in [1.29, 1.82) is 0 Å². The summed E-state index contributed by atoms with van der Waals surface area (Å²) < 4.78 is 5.22. The molecule has 2 aromatic rings. The lowest BCUT2D eigenvalue weighted by Crippen LogP contribution is -2.27. The third-order valence-electron chi connectivity index (χ3n) is 3.56. The monoisotopic (exact) mass is 327 g/mol. The third kappa shape index (κ3) is 5.26. The van der Waals surface area contributed by atoms with Crippen LogP contribution in [-0.4, -0.2) is 24.5 Å². The Balaban J connectivity index is 1.84. The summed E-state index contributed by atoms with van der Waals surface area (Å²) in [4.78, 5) is 16.2. The zero-order valence-electron chi connectivity index (χ0n) is 14.7. The maximum atomic E-state index is 11.9. The Kier molecular flexibility index (Phi) is 5.79. The van der Waals surface area contributed by atoms with Gasteiger partial charge in [-0.2, -0.15) is 0 Å². The number of carbonyl (C=O) groups is 1. The van der Waals surface area contributed by atoms with E-state index < -0.39 is 5.41 Å². The van der Waals surface area contributed by atoms with Crippen molar-refractivity contribution in [3.8, 4) is 5.75 Å². The second kappa shape index (κ2) is 7.81. The van der Waals surface area contributed by atoms with Crippen LogP contribution in [0.1, 0.15) is 26.3 Å². The second-order valence-electron chi connectivity index (χ2n) is 6.66. The summed E-state index contributed by atoms with van der Waals surface area (Å²) in [6, 6.07) is 11.8. The fourth-order valence-corrected chi connectivity index (χ4v) is 2.06. The number of benzene rings is 1. The molecule has 0 radical (unpaired) electrons. The van der Waals surface area contributed by atoms with Gasteiger partial charge in [0.2, 0.25) is 5.91 Å². The lowest BCUT2D eigenvalue weighted by atomic mass is 9.96. The van der Waals surface area contributed by atoms with E-state index >= 15 is 0 Å². The molecule has 2 N–H and O–H groups in total. The number of hydrogen-bond acceptors (Lipinski definition) is 4. The Hall–Kier alpha value is -2.56. The fraction of sp³-hybridized carbons (Fsp3) is 0.368. The highest BCUT2D eigenvalue weighted by atomic mass is 16.5. The van der Waals surface area contributed by atoms with E-state index in [2.05, 4.69) is 21.7 Å². The molecule has 0 saturated heterocycles. The molecule has 128 valence electrons. The van der Waals surface area contributed by atoms with Crippen molar-refractivity contribution in [2.24, 2.45) is 5.41 Å². The first-order chi connectivity index (χ1) is 11.4. The van der Waals surface area contributed by atoms with Crippen LogP contribution in [0.5, 0.6) is 5.75 Å². The summed E-state index contributed by atoms with van der Waals surface area (Å²) in [6.07, 6.45) is 2.61. The van der Waals surface area contributed by atoms with E-state index in [4.69, 9.17) is 4.74 Å². The van der Waals surface area contributed by atoms with Crippen molar-refractivity contribution in [2.45, 2.75) is 27.2 Å². The van der Waals surface area contributed by atoms with Gasteiger partial charge in [0.25, 0.3) is 0 Å². The van der Waals surface area contributed by atoms with Crippen LogP contribution in [-0.2, 0) is 11.2 Å². The van der Waals surface area contributed by atoms with Gasteiger partial charge in [-0.15, -0.1) is 0 Å². The molecule has 24 heavy (non-hydrogen) atoms. The molecule has 0 aliphatic rings. The zero-order chi connectivity index (χ0) is 17.6. The molecule has 0 saturated carbocycles. The molecular formula is C19H25N3O2.